The van der Waals surface area contributed by atoms with Gasteiger partial charge in [-0.25, -0.2) is 9.97 Å². The first-order chi connectivity index (χ1) is 26.6. The lowest BCUT2D eigenvalue weighted by Crippen LogP contribution is -2.55. The molecule has 10 bridgehead atoms. The van der Waals surface area contributed by atoms with Crippen LogP contribution in [0.1, 0.15) is 85.4 Å². The molecule has 0 radical (unpaired) electrons. The smallest absolute Gasteiger partial charge is 0.252 e. The van der Waals surface area contributed by atoms with Crippen LogP contribution in [0.25, 0.3) is 44.9 Å². The maximum Gasteiger partial charge on any atom is 0.252 e. The van der Waals surface area contributed by atoms with Crippen molar-refractivity contribution in [1.29, 1.82) is 0 Å². The summed E-state index contributed by atoms with van der Waals surface area (Å²) in [6.07, 6.45) is 2.27. The number of fused-ring (bicyclic) bond motifs is 7. The number of benzene rings is 3. The van der Waals surface area contributed by atoms with E-state index in [-0.39, 0.29) is 54.1 Å². The molecule has 3 aromatic heterocycles. The van der Waals surface area contributed by atoms with Gasteiger partial charge in [0.25, 0.3) is 5.91 Å². The molecule has 55 heavy (non-hydrogen) atoms. The largest absolute Gasteiger partial charge is 0.469 e. The summed E-state index contributed by atoms with van der Waals surface area (Å²) < 4.78 is 20.4. The van der Waals surface area contributed by atoms with Gasteiger partial charge in [0.1, 0.15) is 28.8 Å². The highest BCUT2D eigenvalue weighted by Gasteiger charge is 2.62. The van der Waals surface area contributed by atoms with E-state index in [9.17, 15) is 19.5 Å². The predicted octanol–water partition coefficient (Wildman–Crippen LogP) is 6.15. The zero-order valence-electron chi connectivity index (χ0n) is 30.6. The number of carbonyl (C=O) groups excluding carboxylic acids is 3. The minimum Gasteiger partial charge on any atom is -0.469 e. The lowest BCUT2D eigenvalue weighted by Gasteiger charge is -2.30. The second-order valence-corrected chi connectivity index (χ2v) is 15.2. The standard InChI is InChI=1S/C42H38N6O7/c1-5-41(52,6-2)39(51)45-27-16-20-13-14-29-25(15-20)42-24-11-7-10-22(32(24)48-40(42)53-29)21-9-8-12-26-30(21)23(17-43-26)34-28(18-49)44-38(54-34)33-35(42)55-37(47-33)31(19(3)4)46-36(27)50/h7-15,17-19,27,31,40,43,48,52H,5-6,16H2,1-4H3,(H,45,51)(H,46,50)/t27-,31-,40?,42?/m0/s1. The molecule has 278 valence electrons. The molecule has 4 atom stereocenters. The van der Waals surface area contributed by atoms with Gasteiger partial charge in [0.05, 0.1) is 0 Å². The number of ether oxygens (including phenoxy) is 1. The molecule has 7 heterocycles. The highest BCUT2D eigenvalue weighted by Crippen LogP contribution is 2.61. The van der Waals surface area contributed by atoms with E-state index < -0.39 is 41.1 Å². The molecule has 13 nitrogen and oxygen atoms in total. The number of aromatic nitrogens is 3. The average molecular weight is 739 g/mol. The lowest BCUT2D eigenvalue weighted by molar-refractivity contribution is -0.143. The van der Waals surface area contributed by atoms with Crippen LogP contribution in [0.4, 0.5) is 5.69 Å². The van der Waals surface area contributed by atoms with Crippen LogP contribution >= 0.6 is 0 Å². The third-order valence-corrected chi connectivity index (χ3v) is 12.0. The van der Waals surface area contributed by atoms with Crippen molar-refractivity contribution in [3.8, 4) is 39.8 Å². The fourth-order valence-electron chi connectivity index (χ4n) is 8.90. The lowest BCUT2D eigenvalue weighted by atomic mass is 9.72. The summed E-state index contributed by atoms with van der Waals surface area (Å²) in [6, 6.07) is 16.0. The molecule has 0 saturated carbocycles. The van der Waals surface area contributed by atoms with Crippen LogP contribution in [0.2, 0.25) is 0 Å². The zero-order chi connectivity index (χ0) is 38.0. The summed E-state index contributed by atoms with van der Waals surface area (Å²) >= 11 is 0. The molecular formula is C42H38N6O7. The van der Waals surface area contributed by atoms with E-state index in [1.165, 1.54) is 0 Å². The average Bonchev–Trinajstić information content (AvgIpc) is 4.01. The SMILES string of the molecule is CCC(O)(CC)C(=O)N[C@H]1Cc2ccc3c(c2)C24c5cccc(c5NC2O3)-c2cccc3[nH]cc(c23)-c2oc(nc2C=O)-c2nc(oc24)[C@H](C(C)C)NC1=O. The Balaban J connectivity index is 1.29. The molecule has 1 spiro atoms. The van der Waals surface area contributed by atoms with Gasteiger partial charge in [-0.15, -0.1) is 0 Å². The molecule has 6 aromatic rings. The Morgan fingerprint density at radius 1 is 1.04 bits per heavy atom. The summed E-state index contributed by atoms with van der Waals surface area (Å²) in [7, 11) is 0. The third kappa shape index (κ3) is 4.47. The number of H-pyrrole nitrogens is 1. The van der Waals surface area contributed by atoms with E-state index in [1.807, 2.05) is 62.5 Å². The van der Waals surface area contributed by atoms with Gasteiger partial charge in [-0.1, -0.05) is 70.2 Å². The summed E-state index contributed by atoms with van der Waals surface area (Å²) in [6.45, 7) is 7.34. The number of aromatic amines is 1. The molecule has 2 amide bonds. The Morgan fingerprint density at radius 3 is 2.62 bits per heavy atom. The van der Waals surface area contributed by atoms with Crippen molar-refractivity contribution in [2.75, 3.05) is 5.32 Å². The molecule has 0 aliphatic carbocycles. The summed E-state index contributed by atoms with van der Waals surface area (Å²) in [5, 5.41) is 21.7. The molecule has 2 unspecified atom stereocenters. The second kappa shape index (κ2) is 11.6. The number of hydrogen-bond donors (Lipinski definition) is 5. The molecule has 0 fully saturated rings. The van der Waals surface area contributed by atoms with Crippen molar-refractivity contribution < 1.29 is 33.1 Å². The second-order valence-electron chi connectivity index (χ2n) is 15.2. The van der Waals surface area contributed by atoms with Gasteiger partial charge in [0.2, 0.25) is 17.7 Å². The van der Waals surface area contributed by atoms with Gasteiger partial charge in [0, 0.05) is 51.5 Å². The van der Waals surface area contributed by atoms with Crippen LogP contribution in [0.15, 0.2) is 69.6 Å². The van der Waals surface area contributed by atoms with E-state index in [1.54, 1.807) is 13.8 Å². The first-order valence-corrected chi connectivity index (χ1v) is 18.7. The summed E-state index contributed by atoms with van der Waals surface area (Å²) in [5.41, 5.74) is 4.11. The van der Waals surface area contributed by atoms with Gasteiger partial charge in [-0.05, 0) is 42.0 Å². The molecule has 0 saturated heterocycles. The normalized spacial score (nSPS) is 21.6. The Bertz CT molecular complexity index is 2610. The van der Waals surface area contributed by atoms with Gasteiger partial charge in [0.15, 0.2) is 35.4 Å². The number of oxazole rings is 2. The quantitative estimate of drug-likeness (QED) is 0.124. The van der Waals surface area contributed by atoms with Crippen LogP contribution in [0.3, 0.4) is 0 Å². The first-order valence-electron chi connectivity index (χ1n) is 18.7. The zero-order valence-corrected chi connectivity index (χ0v) is 30.6. The Morgan fingerprint density at radius 2 is 1.84 bits per heavy atom. The molecular weight excluding hydrogens is 700 g/mol. The number of amides is 2. The molecule has 13 heteroatoms. The molecule has 5 N–H and O–H groups in total. The van der Waals surface area contributed by atoms with Crippen molar-refractivity contribution >= 4 is 34.7 Å². The van der Waals surface area contributed by atoms with Crippen LogP contribution in [-0.2, 0) is 21.4 Å². The van der Waals surface area contributed by atoms with Crippen LogP contribution < -0.4 is 20.7 Å². The number of rotatable bonds is 6. The van der Waals surface area contributed by atoms with Crippen molar-refractivity contribution in [3.05, 3.63) is 94.8 Å². The van der Waals surface area contributed by atoms with Crippen molar-refractivity contribution in [2.45, 2.75) is 76.3 Å². The highest BCUT2D eigenvalue weighted by molar-refractivity contribution is 6.09. The Labute approximate surface area is 314 Å². The van der Waals surface area contributed by atoms with E-state index in [0.29, 0.717) is 23.4 Å². The van der Waals surface area contributed by atoms with Gasteiger partial charge in [-0.2, -0.15) is 0 Å². The van der Waals surface area contributed by atoms with Crippen molar-refractivity contribution in [1.82, 2.24) is 25.6 Å². The monoisotopic (exact) mass is 738 g/mol. The fourth-order valence-corrected chi connectivity index (χ4v) is 8.90. The van der Waals surface area contributed by atoms with Crippen LogP contribution in [-0.4, -0.2) is 56.0 Å². The van der Waals surface area contributed by atoms with E-state index in [2.05, 4.69) is 33.1 Å². The molecule has 10 rings (SSSR count). The number of para-hydroxylation sites is 1. The minimum absolute atomic E-state index is 0.0732. The van der Waals surface area contributed by atoms with E-state index in [0.717, 1.165) is 44.4 Å². The van der Waals surface area contributed by atoms with E-state index in [4.69, 9.17) is 23.5 Å². The minimum atomic E-state index is -1.64. The number of aldehydes is 1. The molecule has 4 aliphatic heterocycles. The Hall–Kier alpha value is -6.21. The number of nitrogens with zero attached hydrogens (tertiary/aromatic N) is 2. The van der Waals surface area contributed by atoms with Gasteiger partial charge in [-0.3, -0.25) is 14.4 Å². The molecule has 4 aliphatic rings. The highest BCUT2D eigenvalue weighted by atomic mass is 16.5. The predicted molar refractivity (Wildman–Crippen MR) is 201 cm³/mol. The van der Waals surface area contributed by atoms with Crippen LogP contribution in [0.5, 0.6) is 5.75 Å². The number of anilines is 1. The van der Waals surface area contributed by atoms with E-state index >= 15 is 0 Å². The van der Waals surface area contributed by atoms with Gasteiger partial charge < -0.3 is 39.6 Å². The van der Waals surface area contributed by atoms with Crippen molar-refractivity contribution in [2.24, 2.45) is 5.92 Å². The number of aliphatic hydroxyl groups is 1. The molecule has 3 aromatic carbocycles. The number of hydrogen-bond acceptors (Lipinski definition) is 10. The van der Waals surface area contributed by atoms with Gasteiger partial charge >= 0.3 is 0 Å². The summed E-state index contributed by atoms with van der Waals surface area (Å²) in [4.78, 5) is 53.8. The topological polar surface area (TPSA) is 185 Å². The fraction of sp³-hybridized carbons (Fsp3) is 0.310. The maximum absolute atomic E-state index is 14.3. The number of nitrogens with one attached hydrogen (secondary N) is 4. The number of carbonyl (C=O) groups is 3. The first kappa shape index (κ1) is 33.4. The maximum atomic E-state index is 14.3. The summed E-state index contributed by atoms with van der Waals surface area (Å²) in [5.74, 6) is 0.203. The third-order valence-electron chi connectivity index (χ3n) is 12.0. The Kier molecular flexibility index (Phi) is 7.06. The van der Waals surface area contributed by atoms with Crippen molar-refractivity contribution in [3.63, 3.8) is 0 Å². The van der Waals surface area contributed by atoms with Crippen LogP contribution in [0, 0.1) is 5.92 Å².